The van der Waals surface area contributed by atoms with Crippen LogP contribution < -0.4 is 0 Å². The quantitative estimate of drug-likeness (QED) is 0.528. The van der Waals surface area contributed by atoms with E-state index in [1.165, 1.54) is 12.0 Å². The first-order valence-electron chi connectivity index (χ1n) is 4.07. The summed E-state index contributed by atoms with van der Waals surface area (Å²) in [6.45, 7) is 3.75. The average Bonchev–Trinajstić information content (AvgIpc) is 1.85. The molecule has 2 heteroatoms. The molecule has 11 heavy (non-hydrogen) atoms. The lowest BCUT2D eigenvalue weighted by Crippen LogP contribution is -2.27. The normalized spacial score (nSPS) is 24.0. The van der Waals surface area contributed by atoms with Crippen molar-refractivity contribution in [3.8, 4) is 0 Å². The van der Waals surface area contributed by atoms with Crippen molar-refractivity contribution in [2.24, 2.45) is 0 Å². The Kier molecular flexibility index (Phi) is 2.83. The van der Waals surface area contributed by atoms with Crippen molar-refractivity contribution in [1.29, 1.82) is 0 Å². The molecule has 1 aliphatic rings. The van der Waals surface area contributed by atoms with Gasteiger partial charge < -0.3 is 4.90 Å². The van der Waals surface area contributed by atoms with Crippen molar-refractivity contribution in [3.05, 3.63) is 11.6 Å². The molecular formula is C9H15NO. The summed E-state index contributed by atoms with van der Waals surface area (Å²) in [5, 5.41) is 0. The van der Waals surface area contributed by atoms with Crippen LogP contribution >= 0.6 is 0 Å². The smallest absolute Gasteiger partial charge is 0.152 e. The van der Waals surface area contributed by atoms with Gasteiger partial charge in [-0.1, -0.05) is 5.57 Å². The second-order valence-electron chi connectivity index (χ2n) is 3.25. The van der Waals surface area contributed by atoms with E-state index in [1.54, 1.807) is 13.0 Å². The number of allylic oxidation sites excluding steroid dienone is 1. The van der Waals surface area contributed by atoms with Gasteiger partial charge >= 0.3 is 0 Å². The van der Waals surface area contributed by atoms with Gasteiger partial charge in [-0.25, -0.2) is 0 Å². The molecule has 1 aliphatic heterocycles. The number of nitrogens with zero attached hydrogens (tertiary/aromatic N) is 1. The Morgan fingerprint density at radius 1 is 1.64 bits per heavy atom. The molecule has 1 rings (SSSR count). The second-order valence-corrected chi connectivity index (χ2v) is 3.25. The third-order valence-electron chi connectivity index (χ3n) is 1.92. The third-order valence-corrected chi connectivity index (χ3v) is 1.92. The van der Waals surface area contributed by atoms with Crippen molar-refractivity contribution < 1.29 is 4.79 Å². The van der Waals surface area contributed by atoms with Gasteiger partial charge in [-0.15, -0.1) is 0 Å². The summed E-state index contributed by atoms with van der Waals surface area (Å²) in [7, 11) is 2.09. The van der Waals surface area contributed by atoms with E-state index in [1.807, 2.05) is 0 Å². The van der Waals surface area contributed by atoms with Crippen LogP contribution in [0.1, 0.15) is 19.8 Å². The third kappa shape index (κ3) is 2.85. The lowest BCUT2D eigenvalue weighted by molar-refractivity contribution is -0.112. The molecule has 0 aromatic heterocycles. The van der Waals surface area contributed by atoms with Crippen molar-refractivity contribution in [2.75, 3.05) is 20.1 Å². The van der Waals surface area contributed by atoms with E-state index in [-0.39, 0.29) is 5.78 Å². The molecule has 0 aromatic carbocycles. The number of hydrogen-bond donors (Lipinski definition) is 0. The van der Waals surface area contributed by atoms with E-state index in [9.17, 15) is 4.79 Å². The van der Waals surface area contributed by atoms with Crippen molar-refractivity contribution in [3.63, 3.8) is 0 Å². The van der Waals surface area contributed by atoms with Crippen LogP contribution in [0.15, 0.2) is 11.6 Å². The monoisotopic (exact) mass is 153 g/mol. The van der Waals surface area contributed by atoms with E-state index >= 15 is 0 Å². The molecule has 0 N–H and O–H groups in total. The number of rotatable bonds is 1. The van der Waals surface area contributed by atoms with Gasteiger partial charge in [0.1, 0.15) is 0 Å². The minimum Gasteiger partial charge on any atom is -0.302 e. The summed E-state index contributed by atoms with van der Waals surface area (Å²) in [5.74, 6) is 0.176. The molecule has 1 heterocycles. The Morgan fingerprint density at radius 3 is 2.91 bits per heavy atom. The lowest BCUT2D eigenvalue weighted by atomic mass is 10.0. The maximum absolute atomic E-state index is 10.7. The fourth-order valence-electron chi connectivity index (χ4n) is 1.49. The van der Waals surface area contributed by atoms with E-state index in [2.05, 4.69) is 11.9 Å². The van der Waals surface area contributed by atoms with Gasteiger partial charge in [0.05, 0.1) is 0 Å². The number of hydrogen-bond acceptors (Lipinski definition) is 2. The highest BCUT2D eigenvalue weighted by atomic mass is 16.1. The lowest BCUT2D eigenvalue weighted by Gasteiger charge is -2.23. The second kappa shape index (κ2) is 3.67. The molecule has 0 bridgehead atoms. The van der Waals surface area contributed by atoms with Gasteiger partial charge in [-0.3, -0.25) is 4.79 Å². The molecule has 1 saturated heterocycles. The highest BCUT2D eigenvalue weighted by molar-refractivity contribution is 5.88. The number of likely N-dealkylation sites (tertiary alicyclic amines) is 1. The average molecular weight is 153 g/mol. The Balaban J connectivity index is 2.52. The van der Waals surface area contributed by atoms with Crippen LogP contribution in [-0.4, -0.2) is 30.8 Å². The highest BCUT2D eigenvalue weighted by Gasteiger charge is 2.09. The SMILES string of the molecule is CC(=O)/C=C1\CCCN(C)C1. The molecule has 0 aromatic rings. The minimum atomic E-state index is 0.176. The van der Waals surface area contributed by atoms with Crippen molar-refractivity contribution >= 4 is 5.78 Å². The van der Waals surface area contributed by atoms with Gasteiger partial charge in [-0.05, 0) is 39.4 Å². The molecule has 2 nitrogen and oxygen atoms in total. The first-order chi connectivity index (χ1) is 5.18. The Hall–Kier alpha value is -0.630. The molecule has 0 unspecified atom stereocenters. The molecule has 1 fully saturated rings. The molecule has 62 valence electrons. The molecule has 0 saturated carbocycles. The highest BCUT2D eigenvalue weighted by Crippen LogP contribution is 2.13. The van der Waals surface area contributed by atoms with Crippen LogP contribution in [0.4, 0.5) is 0 Å². The summed E-state index contributed by atoms with van der Waals surface area (Å²) in [5.41, 5.74) is 1.28. The minimum absolute atomic E-state index is 0.176. The van der Waals surface area contributed by atoms with Gasteiger partial charge in [0.15, 0.2) is 5.78 Å². The predicted octanol–water partition coefficient (Wildman–Crippen LogP) is 1.23. The van der Waals surface area contributed by atoms with Crippen molar-refractivity contribution in [2.45, 2.75) is 19.8 Å². The standard InChI is InChI=1S/C9H15NO/c1-8(11)6-9-4-3-5-10(2)7-9/h6H,3-5,7H2,1-2H3/b9-6+. The number of carbonyl (C=O) groups is 1. The summed E-state index contributed by atoms with van der Waals surface area (Å²) >= 11 is 0. The Bertz CT molecular complexity index is 184. The van der Waals surface area contributed by atoms with E-state index < -0.39 is 0 Å². The maximum atomic E-state index is 10.7. The number of piperidine rings is 1. The Labute approximate surface area is 67.9 Å². The molecule has 0 atom stereocenters. The Morgan fingerprint density at radius 2 is 2.36 bits per heavy atom. The van der Waals surface area contributed by atoms with Gasteiger partial charge in [0, 0.05) is 6.54 Å². The van der Waals surface area contributed by atoms with Crippen LogP contribution in [0.3, 0.4) is 0 Å². The molecule has 0 amide bonds. The van der Waals surface area contributed by atoms with Gasteiger partial charge in [-0.2, -0.15) is 0 Å². The van der Waals surface area contributed by atoms with Crippen LogP contribution in [0.2, 0.25) is 0 Å². The van der Waals surface area contributed by atoms with Gasteiger partial charge in [0.25, 0.3) is 0 Å². The summed E-state index contributed by atoms with van der Waals surface area (Å²) in [6.07, 6.45) is 4.06. The van der Waals surface area contributed by atoms with Crippen LogP contribution in [0, 0.1) is 0 Å². The van der Waals surface area contributed by atoms with E-state index in [0.29, 0.717) is 0 Å². The van der Waals surface area contributed by atoms with Crippen LogP contribution in [-0.2, 0) is 4.79 Å². The van der Waals surface area contributed by atoms with Crippen molar-refractivity contribution in [1.82, 2.24) is 4.90 Å². The number of carbonyl (C=O) groups excluding carboxylic acids is 1. The molecular weight excluding hydrogens is 138 g/mol. The first-order valence-corrected chi connectivity index (χ1v) is 4.07. The van der Waals surface area contributed by atoms with E-state index in [4.69, 9.17) is 0 Å². The first kappa shape index (κ1) is 8.47. The molecule has 0 spiro atoms. The zero-order valence-corrected chi connectivity index (χ0v) is 7.26. The fourth-order valence-corrected chi connectivity index (χ4v) is 1.49. The van der Waals surface area contributed by atoms with Crippen LogP contribution in [0.25, 0.3) is 0 Å². The van der Waals surface area contributed by atoms with Crippen LogP contribution in [0.5, 0.6) is 0 Å². The predicted molar refractivity (Wildman–Crippen MR) is 45.5 cm³/mol. The van der Waals surface area contributed by atoms with Gasteiger partial charge in [0.2, 0.25) is 0 Å². The number of ketones is 1. The molecule has 0 aliphatic carbocycles. The summed E-state index contributed by atoms with van der Waals surface area (Å²) in [4.78, 5) is 13.0. The largest absolute Gasteiger partial charge is 0.302 e. The fraction of sp³-hybridized carbons (Fsp3) is 0.667. The summed E-state index contributed by atoms with van der Waals surface area (Å²) in [6, 6.07) is 0. The molecule has 0 radical (unpaired) electrons. The zero-order chi connectivity index (χ0) is 8.27. The number of likely N-dealkylation sites (N-methyl/N-ethyl adjacent to an activating group) is 1. The summed E-state index contributed by atoms with van der Waals surface area (Å²) < 4.78 is 0. The van der Waals surface area contributed by atoms with E-state index in [0.717, 1.165) is 19.5 Å². The maximum Gasteiger partial charge on any atom is 0.152 e. The topological polar surface area (TPSA) is 20.3 Å². The zero-order valence-electron chi connectivity index (χ0n) is 7.26.